The van der Waals surface area contributed by atoms with Gasteiger partial charge in [0.2, 0.25) is 15.0 Å². The van der Waals surface area contributed by atoms with E-state index in [1.165, 1.54) is 4.90 Å². The highest BCUT2D eigenvalue weighted by Gasteiger charge is 2.36. The van der Waals surface area contributed by atoms with E-state index in [9.17, 15) is 13.2 Å². The Hall–Kier alpha value is -0.370. The van der Waals surface area contributed by atoms with Crippen LogP contribution in [0, 0.1) is 0 Å². The molecule has 1 aliphatic heterocycles. The molecule has 0 aromatic heterocycles. The number of likely N-dealkylation sites (tertiary alicyclic amines) is 1. The van der Waals surface area contributed by atoms with Crippen molar-refractivity contribution in [3.05, 3.63) is 0 Å². The molecule has 18 heavy (non-hydrogen) atoms. The van der Waals surface area contributed by atoms with Crippen molar-refractivity contribution >= 4 is 25.6 Å². The quantitative estimate of drug-likeness (QED) is 0.473. The Bertz CT molecular complexity index is 372. The van der Waals surface area contributed by atoms with Crippen molar-refractivity contribution < 1.29 is 22.7 Å². The summed E-state index contributed by atoms with van der Waals surface area (Å²) in [6.45, 7) is 2.25. The van der Waals surface area contributed by atoms with E-state index >= 15 is 0 Å². The van der Waals surface area contributed by atoms with E-state index in [1.54, 1.807) is 7.11 Å². The maximum absolute atomic E-state index is 11.5. The number of halogens is 1. The Morgan fingerprint density at radius 2 is 2.11 bits per heavy atom. The maximum atomic E-state index is 11.5. The number of rotatable bonds is 8. The van der Waals surface area contributed by atoms with Gasteiger partial charge >= 0.3 is 0 Å². The zero-order valence-corrected chi connectivity index (χ0v) is 11.9. The van der Waals surface area contributed by atoms with Gasteiger partial charge in [0.25, 0.3) is 0 Å². The Morgan fingerprint density at radius 1 is 1.39 bits per heavy atom. The van der Waals surface area contributed by atoms with Gasteiger partial charge in [0.1, 0.15) is 5.25 Å². The van der Waals surface area contributed by atoms with E-state index in [0.717, 1.165) is 0 Å². The Balaban J connectivity index is 2.22. The average Bonchev–Trinajstić information content (AvgIpc) is 2.65. The summed E-state index contributed by atoms with van der Waals surface area (Å²) in [6.07, 6.45) is 0.654. The van der Waals surface area contributed by atoms with Gasteiger partial charge in [0.15, 0.2) is 0 Å². The van der Waals surface area contributed by atoms with Crippen molar-refractivity contribution in [2.75, 3.05) is 40.0 Å². The second kappa shape index (κ2) is 7.28. The van der Waals surface area contributed by atoms with Crippen LogP contribution in [-0.2, 0) is 23.3 Å². The summed E-state index contributed by atoms with van der Waals surface area (Å²) in [4.78, 5) is 13.1. The van der Waals surface area contributed by atoms with Crippen LogP contribution in [-0.4, -0.2) is 64.5 Å². The lowest BCUT2D eigenvalue weighted by molar-refractivity contribution is -0.127. The maximum Gasteiger partial charge on any atom is 0.237 e. The second-order valence-electron chi connectivity index (χ2n) is 4.10. The summed E-state index contributed by atoms with van der Waals surface area (Å²) in [7, 11) is 3.19. The molecular formula is C10H18ClNO5S. The summed E-state index contributed by atoms with van der Waals surface area (Å²) in [5.74, 6) is -0.166. The predicted molar refractivity (Wildman–Crippen MR) is 67.1 cm³/mol. The molecule has 1 saturated heterocycles. The lowest BCUT2D eigenvalue weighted by Crippen LogP contribution is -2.28. The van der Waals surface area contributed by atoms with Crippen LogP contribution in [0.4, 0.5) is 0 Å². The topological polar surface area (TPSA) is 72.9 Å². The third-order valence-electron chi connectivity index (χ3n) is 2.73. The van der Waals surface area contributed by atoms with Crippen LogP contribution in [0.3, 0.4) is 0 Å². The number of methoxy groups -OCH3 is 1. The Labute approximate surface area is 112 Å². The average molecular weight is 300 g/mol. The van der Waals surface area contributed by atoms with Crippen LogP contribution < -0.4 is 0 Å². The number of amides is 1. The minimum Gasteiger partial charge on any atom is -0.382 e. The molecule has 1 amide bonds. The Kier molecular flexibility index (Phi) is 6.34. The monoisotopic (exact) mass is 299 g/mol. The Morgan fingerprint density at radius 3 is 2.67 bits per heavy atom. The molecule has 8 heteroatoms. The molecule has 1 rings (SSSR count). The zero-order valence-electron chi connectivity index (χ0n) is 10.3. The predicted octanol–water partition coefficient (Wildman–Crippen LogP) is 0.209. The molecule has 1 fully saturated rings. The molecule has 0 aromatic rings. The number of carbonyl (C=O) groups is 1. The van der Waals surface area contributed by atoms with Crippen molar-refractivity contribution in [2.45, 2.75) is 18.1 Å². The molecule has 1 atom stereocenters. The lowest BCUT2D eigenvalue weighted by atomic mass is 10.4. The van der Waals surface area contributed by atoms with Crippen LogP contribution in [0.15, 0.2) is 0 Å². The molecule has 0 radical (unpaired) electrons. The fraction of sp³-hybridized carbons (Fsp3) is 0.900. The summed E-state index contributed by atoms with van der Waals surface area (Å²) in [6, 6.07) is 0. The number of ether oxygens (including phenoxy) is 2. The molecule has 106 valence electrons. The first-order chi connectivity index (χ1) is 8.45. The molecular weight excluding hydrogens is 282 g/mol. The van der Waals surface area contributed by atoms with Gasteiger partial charge in [-0.25, -0.2) is 8.42 Å². The molecule has 1 heterocycles. The fourth-order valence-electron chi connectivity index (χ4n) is 1.74. The van der Waals surface area contributed by atoms with E-state index in [1.807, 2.05) is 0 Å². The minimum atomic E-state index is -3.65. The third-order valence-corrected chi connectivity index (χ3v) is 4.59. The van der Waals surface area contributed by atoms with E-state index in [2.05, 4.69) is 0 Å². The summed E-state index contributed by atoms with van der Waals surface area (Å²) in [5, 5.41) is -0.777. The van der Waals surface area contributed by atoms with E-state index in [4.69, 9.17) is 20.2 Å². The van der Waals surface area contributed by atoms with Crippen molar-refractivity contribution in [1.82, 2.24) is 4.90 Å². The van der Waals surface area contributed by atoms with Gasteiger partial charge in [-0.3, -0.25) is 4.79 Å². The standard InChI is InChI=1S/C10H18ClNO5S/c1-16-5-6-17-4-2-3-12-8-9(7-10(12)13)18(11,14)15/h9H,2-8H2,1H3. The van der Waals surface area contributed by atoms with Crippen molar-refractivity contribution in [3.8, 4) is 0 Å². The lowest BCUT2D eigenvalue weighted by Gasteiger charge is -2.15. The molecule has 1 unspecified atom stereocenters. The third kappa shape index (κ3) is 5.09. The van der Waals surface area contributed by atoms with Gasteiger partial charge in [-0.15, -0.1) is 0 Å². The van der Waals surface area contributed by atoms with Gasteiger partial charge in [-0.05, 0) is 6.42 Å². The molecule has 1 aliphatic rings. The second-order valence-corrected chi connectivity index (χ2v) is 7.01. The molecule has 0 aromatic carbocycles. The highest BCUT2D eigenvalue weighted by atomic mass is 35.7. The van der Waals surface area contributed by atoms with E-state index in [0.29, 0.717) is 32.8 Å². The van der Waals surface area contributed by atoms with Gasteiger partial charge in [0.05, 0.1) is 13.2 Å². The van der Waals surface area contributed by atoms with Crippen molar-refractivity contribution in [1.29, 1.82) is 0 Å². The van der Waals surface area contributed by atoms with Gasteiger partial charge in [-0.2, -0.15) is 0 Å². The molecule has 0 bridgehead atoms. The van der Waals surface area contributed by atoms with Gasteiger partial charge in [0, 0.05) is 43.9 Å². The number of carbonyl (C=O) groups excluding carboxylic acids is 1. The minimum absolute atomic E-state index is 0.0175. The van der Waals surface area contributed by atoms with Crippen LogP contribution in [0.1, 0.15) is 12.8 Å². The molecule has 0 saturated carbocycles. The first-order valence-electron chi connectivity index (χ1n) is 5.73. The van der Waals surface area contributed by atoms with E-state index < -0.39 is 14.3 Å². The van der Waals surface area contributed by atoms with Gasteiger partial charge in [-0.1, -0.05) is 0 Å². The molecule has 0 N–H and O–H groups in total. The normalized spacial score (nSPS) is 20.7. The van der Waals surface area contributed by atoms with Crippen LogP contribution >= 0.6 is 10.7 Å². The van der Waals surface area contributed by atoms with Crippen molar-refractivity contribution in [3.63, 3.8) is 0 Å². The summed E-state index contributed by atoms with van der Waals surface area (Å²) < 4.78 is 32.3. The SMILES string of the molecule is COCCOCCCN1CC(S(=O)(=O)Cl)CC1=O. The smallest absolute Gasteiger partial charge is 0.237 e. The largest absolute Gasteiger partial charge is 0.382 e. The summed E-state index contributed by atoms with van der Waals surface area (Å²) >= 11 is 0. The van der Waals surface area contributed by atoms with Gasteiger partial charge < -0.3 is 14.4 Å². The fourth-order valence-corrected chi connectivity index (χ4v) is 2.80. The van der Waals surface area contributed by atoms with Crippen LogP contribution in [0.5, 0.6) is 0 Å². The first kappa shape index (κ1) is 15.7. The van der Waals surface area contributed by atoms with Crippen LogP contribution in [0.25, 0.3) is 0 Å². The summed E-state index contributed by atoms with van der Waals surface area (Å²) in [5.41, 5.74) is 0. The van der Waals surface area contributed by atoms with Crippen molar-refractivity contribution in [2.24, 2.45) is 0 Å². The molecule has 6 nitrogen and oxygen atoms in total. The highest BCUT2D eigenvalue weighted by Crippen LogP contribution is 2.21. The highest BCUT2D eigenvalue weighted by molar-refractivity contribution is 8.14. The first-order valence-corrected chi connectivity index (χ1v) is 8.10. The zero-order chi connectivity index (χ0) is 13.6. The number of hydrogen-bond acceptors (Lipinski definition) is 5. The number of hydrogen-bond donors (Lipinski definition) is 0. The van der Waals surface area contributed by atoms with E-state index in [-0.39, 0.29) is 18.9 Å². The van der Waals surface area contributed by atoms with Crippen LogP contribution in [0.2, 0.25) is 0 Å². The molecule has 0 spiro atoms. The number of nitrogens with zero attached hydrogens (tertiary/aromatic N) is 1. The molecule has 0 aliphatic carbocycles.